The highest BCUT2D eigenvalue weighted by molar-refractivity contribution is 5.76. The first-order valence-corrected chi connectivity index (χ1v) is 9.32. The van der Waals surface area contributed by atoms with Crippen LogP contribution in [0.25, 0.3) is 11.4 Å². The van der Waals surface area contributed by atoms with Crippen LogP contribution in [0.4, 0.5) is 4.39 Å². The first kappa shape index (κ1) is 18.3. The van der Waals surface area contributed by atoms with Crippen LogP contribution < -0.4 is 0 Å². The lowest BCUT2D eigenvalue weighted by Crippen LogP contribution is -2.38. The number of nitrogens with one attached hydrogen (secondary N) is 1. The number of benzene rings is 1. The minimum atomic E-state index is -0.312. The Bertz CT molecular complexity index is 947. The lowest BCUT2D eigenvalue weighted by Gasteiger charge is -2.31. The number of halogens is 1. The Balaban J connectivity index is 1.29. The third-order valence-corrected chi connectivity index (χ3v) is 5.12. The van der Waals surface area contributed by atoms with Gasteiger partial charge >= 0.3 is 0 Å². The molecule has 1 fully saturated rings. The minimum absolute atomic E-state index is 0.0668. The normalized spacial score (nSPS) is 15.1. The van der Waals surface area contributed by atoms with E-state index in [2.05, 4.69) is 25.3 Å². The Labute approximate surface area is 161 Å². The molecule has 0 saturated carbocycles. The standard InChI is InChI=1S/C19H21FN6O2/c1-12-2-3-14(10-15(12)20)19-23-16(28-25-19)4-5-17(27)26-8-6-13(7-9-26)18-21-11-22-24-18/h2-3,10-11,13H,4-9H2,1H3,(H,21,22,24). The van der Waals surface area contributed by atoms with Gasteiger partial charge in [0.15, 0.2) is 0 Å². The van der Waals surface area contributed by atoms with Crippen molar-refractivity contribution >= 4 is 5.91 Å². The van der Waals surface area contributed by atoms with E-state index in [1.54, 1.807) is 19.1 Å². The summed E-state index contributed by atoms with van der Waals surface area (Å²) in [6, 6.07) is 4.80. The number of aromatic nitrogens is 5. The van der Waals surface area contributed by atoms with Gasteiger partial charge in [0, 0.05) is 37.4 Å². The van der Waals surface area contributed by atoms with E-state index in [1.807, 2.05) is 4.90 Å². The number of hydrogen-bond acceptors (Lipinski definition) is 6. The van der Waals surface area contributed by atoms with E-state index < -0.39 is 0 Å². The summed E-state index contributed by atoms with van der Waals surface area (Å²) in [6.45, 7) is 3.09. The van der Waals surface area contributed by atoms with Crippen molar-refractivity contribution < 1.29 is 13.7 Å². The van der Waals surface area contributed by atoms with Crippen LogP contribution >= 0.6 is 0 Å². The fraction of sp³-hybridized carbons (Fsp3) is 0.421. The van der Waals surface area contributed by atoms with Crippen LogP contribution in [0.2, 0.25) is 0 Å². The predicted octanol–water partition coefficient (Wildman–Crippen LogP) is 2.64. The van der Waals surface area contributed by atoms with Gasteiger partial charge in [0.05, 0.1) is 0 Å². The number of likely N-dealkylation sites (tertiary alicyclic amines) is 1. The van der Waals surface area contributed by atoms with Crippen molar-refractivity contribution in [2.75, 3.05) is 13.1 Å². The minimum Gasteiger partial charge on any atom is -0.343 e. The Morgan fingerprint density at radius 1 is 1.36 bits per heavy atom. The number of nitrogens with zero attached hydrogens (tertiary/aromatic N) is 5. The molecule has 0 unspecified atom stereocenters. The van der Waals surface area contributed by atoms with Crippen molar-refractivity contribution in [3.05, 3.63) is 47.6 Å². The second-order valence-corrected chi connectivity index (χ2v) is 7.00. The van der Waals surface area contributed by atoms with E-state index in [1.165, 1.54) is 12.4 Å². The van der Waals surface area contributed by atoms with Crippen molar-refractivity contribution in [3.8, 4) is 11.4 Å². The van der Waals surface area contributed by atoms with E-state index in [0.717, 1.165) is 18.7 Å². The van der Waals surface area contributed by atoms with Crippen molar-refractivity contribution in [1.82, 2.24) is 30.2 Å². The summed E-state index contributed by atoms with van der Waals surface area (Å²) in [5.41, 5.74) is 1.11. The number of H-pyrrole nitrogens is 1. The molecule has 0 spiro atoms. The van der Waals surface area contributed by atoms with Gasteiger partial charge in [-0.1, -0.05) is 17.3 Å². The zero-order valence-corrected chi connectivity index (χ0v) is 15.6. The largest absolute Gasteiger partial charge is 0.343 e. The van der Waals surface area contributed by atoms with Gasteiger partial charge in [0.1, 0.15) is 18.0 Å². The fourth-order valence-corrected chi connectivity index (χ4v) is 3.39. The van der Waals surface area contributed by atoms with E-state index >= 15 is 0 Å². The maximum absolute atomic E-state index is 13.7. The number of aromatic amines is 1. The molecule has 0 bridgehead atoms. The maximum atomic E-state index is 13.7. The highest BCUT2D eigenvalue weighted by atomic mass is 19.1. The molecular formula is C19H21FN6O2. The number of carbonyl (C=O) groups is 1. The van der Waals surface area contributed by atoms with Crippen LogP contribution in [0.5, 0.6) is 0 Å². The zero-order valence-electron chi connectivity index (χ0n) is 15.6. The van der Waals surface area contributed by atoms with Gasteiger partial charge in [-0.15, -0.1) is 0 Å². The van der Waals surface area contributed by atoms with Crippen molar-refractivity contribution in [3.63, 3.8) is 0 Å². The molecule has 4 rings (SSSR count). The molecule has 1 aliphatic heterocycles. The van der Waals surface area contributed by atoms with Crippen molar-refractivity contribution in [2.45, 2.75) is 38.5 Å². The SMILES string of the molecule is Cc1ccc(-c2noc(CCC(=O)N3CCC(c4ncn[nH]4)CC3)n2)cc1F. The molecule has 146 valence electrons. The molecule has 0 atom stereocenters. The van der Waals surface area contributed by atoms with E-state index in [4.69, 9.17) is 4.52 Å². The number of carbonyl (C=O) groups excluding carboxylic acids is 1. The first-order valence-electron chi connectivity index (χ1n) is 9.32. The van der Waals surface area contributed by atoms with Crippen molar-refractivity contribution in [1.29, 1.82) is 0 Å². The number of piperidine rings is 1. The molecule has 9 heteroatoms. The molecule has 0 radical (unpaired) electrons. The Morgan fingerprint density at radius 2 is 2.18 bits per heavy atom. The predicted molar refractivity (Wildman–Crippen MR) is 97.7 cm³/mol. The number of hydrogen-bond donors (Lipinski definition) is 1. The third-order valence-electron chi connectivity index (χ3n) is 5.12. The molecular weight excluding hydrogens is 363 g/mol. The Morgan fingerprint density at radius 3 is 2.89 bits per heavy atom. The monoisotopic (exact) mass is 384 g/mol. The van der Waals surface area contributed by atoms with Gasteiger partial charge < -0.3 is 9.42 Å². The van der Waals surface area contributed by atoms with Gasteiger partial charge in [-0.2, -0.15) is 10.1 Å². The third kappa shape index (κ3) is 3.92. The summed E-state index contributed by atoms with van der Waals surface area (Å²) in [4.78, 5) is 22.8. The van der Waals surface area contributed by atoms with E-state index in [-0.39, 0.29) is 11.7 Å². The quantitative estimate of drug-likeness (QED) is 0.726. The van der Waals surface area contributed by atoms with Crippen molar-refractivity contribution in [2.24, 2.45) is 0 Å². The first-order chi connectivity index (χ1) is 13.6. The van der Waals surface area contributed by atoms with Crippen LogP contribution in [-0.4, -0.2) is 49.2 Å². The van der Waals surface area contributed by atoms with Gasteiger partial charge in [-0.25, -0.2) is 9.37 Å². The molecule has 8 nitrogen and oxygen atoms in total. The second kappa shape index (κ2) is 7.87. The molecule has 28 heavy (non-hydrogen) atoms. The van der Waals surface area contributed by atoms with Crippen LogP contribution in [0.3, 0.4) is 0 Å². The fourth-order valence-electron chi connectivity index (χ4n) is 3.39. The summed E-state index contributed by atoms with van der Waals surface area (Å²) in [6.07, 6.45) is 3.91. The van der Waals surface area contributed by atoms with Gasteiger partial charge in [0.25, 0.3) is 0 Å². The molecule has 1 amide bonds. The summed E-state index contributed by atoms with van der Waals surface area (Å²) < 4.78 is 18.9. The van der Waals surface area contributed by atoms with Crippen LogP contribution in [-0.2, 0) is 11.2 Å². The topological polar surface area (TPSA) is 101 Å². The maximum Gasteiger partial charge on any atom is 0.227 e. The molecule has 1 saturated heterocycles. The van der Waals surface area contributed by atoms with Crippen LogP contribution in [0.1, 0.15) is 42.5 Å². The average Bonchev–Trinajstić information content (AvgIpc) is 3.40. The average molecular weight is 384 g/mol. The summed E-state index contributed by atoms with van der Waals surface area (Å²) >= 11 is 0. The zero-order chi connectivity index (χ0) is 19.5. The summed E-state index contributed by atoms with van der Waals surface area (Å²) in [5, 5.41) is 10.7. The lowest BCUT2D eigenvalue weighted by molar-refractivity contribution is -0.132. The molecule has 1 N–H and O–H groups in total. The van der Waals surface area contributed by atoms with Gasteiger partial charge in [0.2, 0.25) is 17.6 Å². The molecule has 3 aromatic rings. The molecule has 0 aliphatic carbocycles. The smallest absolute Gasteiger partial charge is 0.227 e. The highest BCUT2D eigenvalue weighted by Crippen LogP contribution is 2.25. The molecule has 3 heterocycles. The molecule has 2 aromatic heterocycles. The number of aryl methyl sites for hydroxylation is 2. The number of amides is 1. The molecule has 1 aliphatic rings. The summed E-state index contributed by atoms with van der Waals surface area (Å²) in [5.74, 6) is 1.66. The number of rotatable bonds is 5. The Hall–Kier alpha value is -3.10. The van der Waals surface area contributed by atoms with E-state index in [9.17, 15) is 9.18 Å². The summed E-state index contributed by atoms with van der Waals surface area (Å²) in [7, 11) is 0. The second-order valence-electron chi connectivity index (χ2n) is 7.00. The van der Waals surface area contributed by atoms with Crippen LogP contribution in [0, 0.1) is 12.7 Å². The molecule has 1 aromatic carbocycles. The van der Waals surface area contributed by atoms with E-state index in [0.29, 0.717) is 54.7 Å². The lowest BCUT2D eigenvalue weighted by atomic mass is 9.96. The van der Waals surface area contributed by atoms with Crippen LogP contribution in [0.15, 0.2) is 29.0 Å². The van der Waals surface area contributed by atoms with Gasteiger partial charge in [-0.05, 0) is 31.4 Å². The Kier molecular flexibility index (Phi) is 5.14. The van der Waals surface area contributed by atoms with Gasteiger partial charge in [-0.3, -0.25) is 9.89 Å². The highest BCUT2D eigenvalue weighted by Gasteiger charge is 2.25.